The number of furan rings is 1. The highest BCUT2D eigenvalue weighted by Gasteiger charge is 2.27. The first-order valence-electron chi connectivity index (χ1n) is 11.9. The van der Waals surface area contributed by atoms with Crippen molar-refractivity contribution in [2.75, 3.05) is 0 Å². The van der Waals surface area contributed by atoms with Gasteiger partial charge in [-0.25, -0.2) is 4.99 Å². The van der Waals surface area contributed by atoms with Gasteiger partial charge in [0, 0.05) is 28.6 Å². The van der Waals surface area contributed by atoms with Crippen molar-refractivity contribution >= 4 is 34.1 Å². The molecule has 176 valence electrons. The fourth-order valence-corrected chi connectivity index (χ4v) is 6.08. The van der Waals surface area contributed by atoms with E-state index in [1.165, 1.54) is 36.3 Å². The van der Waals surface area contributed by atoms with Crippen molar-refractivity contribution in [3.05, 3.63) is 68.3 Å². The maximum absolute atomic E-state index is 13.3. The number of amides is 1. The number of carbonyl (C=O) groups is 1. The summed E-state index contributed by atoms with van der Waals surface area (Å²) in [6.45, 7) is 0. The lowest BCUT2D eigenvalue weighted by Crippen LogP contribution is -2.36. The number of aryl methyl sites for hydroxylation is 1. The predicted molar refractivity (Wildman–Crippen MR) is 133 cm³/mol. The minimum Gasteiger partial charge on any atom is -0.455 e. The summed E-state index contributed by atoms with van der Waals surface area (Å²) in [5.41, 5.74) is 2.54. The van der Waals surface area contributed by atoms with Crippen LogP contribution in [0, 0.1) is 10.1 Å². The second-order valence-electron chi connectivity index (χ2n) is 8.97. The van der Waals surface area contributed by atoms with Crippen LogP contribution in [-0.2, 0) is 12.8 Å². The van der Waals surface area contributed by atoms with Crippen molar-refractivity contribution in [1.82, 2.24) is 5.32 Å². The van der Waals surface area contributed by atoms with Crippen molar-refractivity contribution in [3.63, 3.8) is 0 Å². The largest absolute Gasteiger partial charge is 0.455 e. The number of nitro benzene ring substituents is 1. The molecule has 0 saturated heterocycles. The summed E-state index contributed by atoms with van der Waals surface area (Å²) in [5, 5.41) is 15.1. The van der Waals surface area contributed by atoms with E-state index in [0.29, 0.717) is 17.1 Å². The van der Waals surface area contributed by atoms with Gasteiger partial charge in [-0.15, -0.1) is 11.3 Å². The number of nitrogens with one attached hydrogen (secondary N) is 1. The first-order chi connectivity index (χ1) is 16.6. The van der Waals surface area contributed by atoms with E-state index in [4.69, 9.17) is 4.42 Å². The molecule has 0 spiro atoms. The number of rotatable bonds is 6. The third kappa shape index (κ3) is 4.82. The van der Waals surface area contributed by atoms with Crippen LogP contribution in [0.15, 0.2) is 45.8 Å². The van der Waals surface area contributed by atoms with Gasteiger partial charge >= 0.3 is 0 Å². The maximum Gasteiger partial charge on any atom is 0.270 e. The first kappa shape index (κ1) is 22.5. The minimum atomic E-state index is -0.423. The number of hydrogen-bond donors (Lipinski definition) is 1. The Labute approximate surface area is 202 Å². The van der Waals surface area contributed by atoms with E-state index < -0.39 is 4.92 Å². The third-order valence-corrected chi connectivity index (χ3v) is 7.80. The van der Waals surface area contributed by atoms with Gasteiger partial charge < -0.3 is 9.73 Å². The van der Waals surface area contributed by atoms with E-state index in [-0.39, 0.29) is 17.6 Å². The van der Waals surface area contributed by atoms with Gasteiger partial charge in [-0.1, -0.05) is 31.4 Å². The Balaban J connectivity index is 1.39. The molecule has 2 heterocycles. The summed E-state index contributed by atoms with van der Waals surface area (Å²) < 4.78 is 5.88. The molecule has 0 radical (unpaired) electrons. The Morgan fingerprint density at radius 3 is 2.76 bits per heavy atom. The van der Waals surface area contributed by atoms with Crippen molar-refractivity contribution in [2.24, 2.45) is 4.99 Å². The number of fused-ring (bicyclic) bond motifs is 1. The molecule has 1 saturated carbocycles. The van der Waals surface area contributed by atoms with Crippen molar-refractivity contribution in [2.45, 2.75) is 63.8 Å². The monoisotopic (exact) mass is 477 g/mol. The number of carbonyl (C=O) groups excluding carboxylic acids is 1. The molecular formula is C26H27N3O4S. The van der Waals surface area contributed by atoms with E-state index >= 15 is 0 Å². The summed E-state index contributed by atoms with van der Waals surface area (Å²) in [6, 6.07) is 10.2. The molecule has 34 heavy (non-hydrogen) atoms. The molecule has 8 heteroatoms. The number of benzene rings is 1. The number of nitrogens with zero attached hydrogens (tertiary/aromatic N) is 2. The standard InChI is InChI=1S/C26H27N3O4S/c30-25(28-18-8-2-1-3-9-18)24-21-11-4-5-12-23(21)34-26(24)27-16-20-13-14-22(33-20)17-7-6-10-19(15-17)29(31)32/h6-7,10,13-16,18H,1-5,8-9,11-12H2,(H,28,30)/b27-16-. The van der Waals surface area contributed by atoms with Crippen LogP contribution >= 0.6 is 11.3 Å². The van der Waals surface area contributed by atoms with E-state index in [0.717, 1.165) is 54.7 Å². The Morgan fingerprint density at radius 1 is 1.12 bits per heavy atom. The Kier molecular flexibility index (Phi) is 6.58. The second kappa shape index (κ2) is 9.93. The van der Waals surface area contributed by atoms with Crippen LogP contribution in [0.3, 0.4) is 0 Å². The SMILES string of the molecule is O=C(NC1CCCCC1)c1c(/N=C\c2ccc(-c3cccc([N+](=O)[O-])c3)o2)sc2c1CCCC2. The molecule has 5 rings (SSSR count). The lowest BCUT2D eigenvalue weighted by atomic mass is 9.93. The fraction of sp³-hybridized carbons (Fsp3) is 0.385. The lowest BCUT2D eigenvalue weighted by Gasteiger charge is -2.23. The fourth-order valence-electron chi connectivity index (χ4n) is 4.85. The molecule has 2 aliphatic rings. The number of aliphatic imine (C=N–C) groups is 1. The number of hydrogen-bond acceptors (Lipinski definition) is 6. The highest BCUT2D eigenvalue weighted by Crippen LogP contribution is 2.40. The molecule has 1 fully saturated rings. The highest BCUT2D eigenvalue weighted by molar-refractivity contribution is 7.16. The van der Waals surface area contributed by atoms with E-state index in [1.54, 1.807) is 41.8 Å². The topological polar surface area (TPSA) is 97.7 Å². The van der Waals surface area contributed by atoms with Gasteiger partial charge in [-0.3, -0.25) is 14.9 Å². The minimum absolute atomic E-state index is 0.00446. The van der Waals surface area contributed by atoms with Gasteiger partial charge in [0.15, 0.2) is 0 Å². The predicted octanol–water partition coefficient (Wildman–Crippen LogP) is 6.61. The number of non-ortho nitro benzene ring substituents is 1. The molecule has 2 aromatic heterocycles. The van der Waals surface area contributed by atoms with Crippen molar-refractivity contribution in [3.8, 4) is 11.3 Å². The van der Waals surface area contributed by atoms with Gasteiger partial charge in [0.2, 0.25) is 0 Å². The normalized spacial score (nSPS) is 16.5. The van der Waals surface area contributed by atoms with Crippen LogP contribution in [0.25, 0.3) is 11.3 Å². The number of nitro groups is 1. The van der Waals surface area contributed by atoms with Crippen LogP contribution < -0.4 is 5.32 Å². The Bertz CT molecular complexity index is 1240. The third-order valence-electron chi connectivity index (χ3n) is 6.60. The molecule has 2 aliphatic carbocycles. The van der Waals surface area contributed by atoms with Crippen LogP contribution in [0.5, 0.6) is 0 Å². The van der Waals surface area contributed by atoms with Gasteiger partial charge in [-0.05, 0) is 56.2 Å². The van der Waals surface area contributed by atoms with Gasteiger partial charge in [0.25, 0.3) is 11.6 Å². The van der Waals surface area contributed by atoms with Crippen LogP contribution in [0.1, 0.15) is 71.5 Å². The molecule has 0 aliphatic heterocycles. The van der Waals surface area contributed by atoms with Crippen LogP contribution in [0.2, 0.25) is 0 Å². The summed E-state index contributed by atoms with van der Waals surface area (Å²) in [5.74, 6) is 1.06. The van der Waals surface area contributed by atoms with Crippen molar-refractivity contribution < 1.29 is 14.1 Å². The van der Waals surface area contributed by atoms with Crippen LogP contribution in [-0.4, -0.2) is 23.1 Å². The molecule has 0 atom stereocenters. The molecule has 7 nitrogen and oxygen atoms in total. The second-order valence-corrected chi connectivity index (χ2v) is 10.1. The zero-order chi connectivity index (χ0) is 23.5. The van der Waals surface area contributed by atoms with Crippen LogP contribution in [0.4, 0.5) is 10.7 Å². The lowest BCUT2D eigenvalue weighted by molar-refractivity contribution is -0.384. The zero-order valence-corrected chi connectivity index (χ0v) is 19.7. The Hall–Kier alpha value is -3.26. The van der Waals surface area contributed by atoms with E-state index in [2.05, 4.69) is 10.3 Å². The average Bonchev–Trinajstić information content (AvgIpc) is 3.48. The smallest absolute Gasteiger partial charge is 0.270 e. The number of thiophene rings is 1. The molecule has 1 N–H and O–H groups in total. The van der Waals surface area contributed by atoms with Crippen molar-refractivity contribution in [1.29, 1.82) is 0 Å². The quantitative estimate of drug-likeness (QED) is 0.245. The molecule has 1 amide bonds. The molecule has 3 aromatic rings. The zero-order valence-electron chi connectivity index (χ0n) is 18.9. The molecular weight excluding hydrogens is 450 g/mol. The summed E-state index contributed by atoms with van der Waals surface area (Å²) in [4.78, 5) is 29.9. The van der Waals surface area contributed by atoms with E-state index in [1.807, 2.05) is 0 Å². The highest BCUT2D eigenvalue weighted by atomic mass is 32.1. The average molecular weight is 478 g/mol. The maximum atomic E-state index is 13.3. The van der Waals surface area contributed by atoms with Gasteiger partial charge in [0.1, 0.15) is 16.5 Å². The molecule has 0 bridgehead atoms. The van der Waals surface area contributed by atoms with Gasteiger partial charge in [0.05, 0.1) is 16.7 Å². The van der Waals surface area contributed by atoms with E-state index in [9.17, 15) is 14.9 Å². The van der Waals surface area contributed by atoms with Gasteiger partial charge in [-0.2, -0.15) is 0 Å². The summed E-state index contributed by atoms with van der Waals surface area (Å²) in [6.07, 6.45) is 11.5. The summed E-state index contributed by atoms with van der Waals surface area (Å²) >= 11 is 1.60. The first-order valence-corrected chi connectivity index (χ1v) is 12.7. The Morgan fingerprint density at radius 2 is 1.94 bits per heavy atom. The summed E-state index contributed by atoms with van der Waals surface area (Å²) in [7, 11) is 0. The molecule has 1 aromatic carbocycles. The molecule has 0 unspecified atom stereocenters.